The highest BCUT2D eigenvalue weighted by molar-refractivity contribution is 7.14. The molecule has 0 aliphatic heterocycles. The third-order valence-corrected chi connectivity index (χ3v) is 2.25. The molecule has 1 rings (SSSR count). The first-order valence-electron chi connectivity index (χ1n) is 2.84. The Morgan fingerprint density at radius 3 is 2.91 bits per heavy atom. The fraction of sp³-hybridized carbons (Fsp3) is 0. The molecule has 0 aromatic carbocycles. The van der Waals surface area contributed by atoms with Crippen LogP contribution in [0.1, 0.15) is 5.56 Å². The van der Waals surface area contributed by atoms with Crippen molar-refractivity contribution in [2.45, 2.75) is 0 Å². The van der Waals surface area contributed by atoms with Gasteiger partial charge in [0.25, 0.3) is 0 Å². The highest BCUT2D eigenvalue weighted by atomic mass is 35.5. The molecule has 1 aromatic heterocycles. The van der Waals surface area contributed by atoms with Crippen molar-refractivity contribution in [3.8, 4) is 0 Å². The molecule has 0 unspecified atom stereocenters. The van der Waals surface area contributed by atoms with Gasteiger partial charge in [-0.25, -0.2) is 4.79 Å². The summed E-state index contributed by atoms with van der Waals surface area (Å²) in [6.07, 6.45) is 2.54. The topological polar surface area (TPSA) is 37.3 Å². The lowest BCUT2D eigenvalue weighted by molar-refractivity contribution is -0.131. The Morgan fingerprint density at radius 2 is 2.45 bits per heavy atom. The van der Waals surface area contributed by atoms with E-state index < -0.39 is 5.97 Å². The van der Waals surface area contributed by atoms with Gasteiger partial charge in [-0.15, -0.1) is 11.3 Å². The maximum absolute atomic E-state index is 10.1. The molecule has 0 fully saturated rings. The SMILES string of the molecule is O=C(O)/C=C/c1ccsc1Cl. The first-order chi connectivity index (χ1) is 5.20. The third-order valence-electron chi connectivity index (χ3n) is 1.05. The summed E-state index contributed by atoms with van der Waals surface area (Å²) >= 11 is 7.07. The molecule has 1 N–H and O–H groups in total. The Labute approximate surface area is 72.7 Å². The van der Waals surface area contributed by atoms with Crippen LogP contribution in [0.3, 0.4) is 0 Å². The lowest BCUT2D eigenvalue weighted by Crippen LogP contribution is -1.84. The summed E-state index contributed by atoms with van der Waals surface area (Å²) in [5.41, 5.74) is 0.749. The molecule has 11 heavy (non-hydrogen) atoms. The second-order valence-corrected chi connectivity index (χ2v) is 3.34. The number of carboxylic acid groups (broad SMARTS) is 1. The van der Waals surface area contributed by atoms with Crippen molar-refractivity contribution in [1.82, 2.24) is 0 Å². The molecular weight excluding hydrogens is 184 g/mol. The molecule has 0 aliphatic carbocycles. The summed E-state index contributed by atoms with van der Waals surface area (Å²) in [6, 6.07) is 1.77. The van der Waals surface area contributed by atoms with Crippen LogP contribution in [0, 0.1) is 0 Å². The van der Waals surface area contributed by atoms with Crippen LogP contribution in [0.4, 0.5) is 0 Å². The molecule has 0 atom stereocenters. The minimum absolute atomic E-state index is 0.613. The van der Waals surface area contributed by atoms with Crippen LogP contribution in [0.15, 0.2) is 17.5 Å². The molecule has 0 saturated carbocycles. The molecule has 0 aliphatic rings. The van der Waals surface area contributed by atoms with E-state index in [1.807, 2.05) is 5.38 Å². The number of thiophene rings is 1. The molecule has 1 aromatic rings. The summed E-state index contributed by atoms with van der Waals surface area (Å²) in [5.74, 6) is -0.965. The summed E-state index contributed by atoms with van der Waals surface area (Å²) in [4.78, 5) is 10.1. The predicted molar refractivity (Wildman–Crippen MR) is 46.0 cm³/mol. The summed E-state index contributed by atoms with van der Waals surface area (Å²) in [5, 5.41) is 10.1. The average Bonchev–Trinajstić information content (AvgIpc) is 2.31. The highest BCUT2D eigenvalue weighted by Crippen LogP contribution is 2.23. The molecule has 4 heteroatoms. The van der Waals surface area contributed by atoms with Crippen molar-refractivity contribution in [3.63, 3.8) is 0 Å². The number of carbonyl (C=O) groups is 1. The number of halogens is 1. The molecular formula is C7H5ClO2S. The first-order valence-corrected chi connectivity index (χ1v) is 4.10. The first kappa shape index (κ1) is 8.30. The fourth-order valence-electron chi connectivity index (χ4n) is 0.583. The van der Waals surface area contributed by atoms with Gasteiger partial charge < -0.3 is 5.11 Å². The minimum Gasteiger partial charge on any atom is -0.478 e. The van der Waals surface area contributed by atoms with Gasteiger partial charge in [-0.1, -0.05) is 11.6 Å². The number of aliphatic carboxylic acids is 1. The highest BCUT2D eigenvalue weighted by Gasteiger charge is 1.96. The molecule has 2 nitrogen and oxygen atoms in total. The van der Waals surface area contributed by atoms with Crippen LogP contribution in [0.2, 0.25) is 4.34 Å². The molecule has 0 amide bonds. The maximum Gasteiger partial charge on any atom is 0.328 e. The van der Waals surface area contributed by atoms with E-state index in [1.54, 1.807) is 6.07 Å². The number of rotatable bonds is 2. The van der Waals surface area contributed by atoms with E-state index in [-0.39, 0.29) is 0 Å². The van der Waals surface area contributed by atoms with Gasteiger partial charge in [0.05, 0.1) is 0 Å². The van der Waals surface area contributed by atoms with Crippen LogP contribution < -0.4 is 0 Å². The molecule has 1 heterocycles. The van der Waals surface area contributed by atoms with Crippen molar-refractivity contribution < 1.29 is 9.90 Å². The molecule has 0 saturated heterocycles. The number of hydrogen-bond donors (Lipinski definition) is 1. The van der Waals surface area contributed by atoms with E-state index in [2.05, 4.69) is 0 Å². The van der Waals surface area contributed by atoms with Gasteiger partial charge in [-0.05, 0) is 17.5 Å². The summed E-state index contributed by atoms with van der Waals surface area (Å²) in [7, 11) is 0. The maximum atomic E-state index is 10.1. The average molecular weight is 189 g/mol. The summed E-state index contributed by atoms with van der Waals surface area (Å²) in [6.45, 7) is 0. The Bertz CT molecular complexity index is 290. The van der Waals surface area contributed by atoms with Gasteiger partial charge in [0.1, 0.15) is 4.34 Å². The number of carboxylic acids is 1. The Hall–Kier alpha value is -0.800. The van der Waals surface area contributed by atoms with Crippen LogP contribution >= 0.6 is 22.9 Å². The van der Waals surface area contributed by atoms with Crippen LogP contribution in [0.5, 0.6) is 0 Å². The van der Waals surface area contributed by atoms with E-state index >= 15 is 0 Å². The normalized spacial score (nSPS) is 10.6. The second kappa shape index (κ2) is 3.55. The Balaban J connectivity index is 2.79. The molecule has 58 valence electrons. The van der Waals surface area contributed by atoms with Gasteiger partial charge in [-0.2, -0.15) is 0 Å². The van der Waals surface area contributed by atoms with Crippen molar-refractivity contribution >= 4 is 35.0 Å². The zero-order valence-electron chi connectivity index (χ0n) is 5.45. The second-order valence-electron chi connectivity index (χ2n) is 1.82. The lowest BCUT2D eigenvalue weighted by Gasteiger charge is -1.84. The van der Waals surface area contributed by atoms with Gasteiger partial charge in [0.15, 0.2) is 0 Å². The largest absolute Gasteiger partial charge is 0.478 e. The van der Waals surface area contributed by atoms with E-state index in [9.17, 15) is 4.79 Å². The zero-order chi connectivity index (χ0) is 8.27. The zero-order valence-corrected chi connectivity index (χ0v) is 7.02. The van der Waals surface area contributed by atoms with Gasteiger partial charge in [0, 0.05) is 11.6 Å². The van der Waals surface area contributed by atoms with E-state index in [4.69, 9.17) is 16.7 Å². The van der Waals surface area contributed by atoms with Crippen molar-refractivity contribution in [1.29, 1.82) is 0 Å². The quantitative estimate of drug-likeness (QED) is 0.725. The van der Waals surface area contributed by atoms with E-state index in [0.29, 0.717) is 4.34 Å². The van der Waals surface area contributed by atoms with Gasteiger partial charge in [0.2, 0.25) is 0 Å². The van der Waals surface area contributed by atoms with Crippen LogP contribution in [0.25, 0.3) is 6.08 Å². The third kappa shape index (κ3) is 2.37. The smallest absolute Gasteiger partial charge is 0.328 e. The summed E-state index contributed by atoms with van der Waals surface area (Å²) < 4.78 is 0.613. The molecule has 0 radical (unpaired) electrons. The minimum atomic E-state index is -0.965. The Kier molecular flexibility index (Phi) is 2.68. The van der Waals surface area contributed by atoms with E-state index in [0.717, 1.165) is 11.6 Å². The van der Waals surface area contributed by atoms with Gasteiger partial charge in [-0.3, -0.25) is 0 Å². The van der Waals surface area contributed by atoms with Crippen molar-refractivity contribution in [2.24, 2.45) is 0 Å². The monoisotopic (exact) mass is 188 g/mol. The predicted octanol–water partition coefficient (Wildman–Crippen LogP) is 2.50. The van der Waals surface area contributed by atoms with Gasteiger partial charge >= 0.3 is 5.97 Å². The van der Waals surface area contributed by atoms with Crippen molar-refractivity contribution in [2.75, 3.05) is 0 Å². The standard InChI is InChI=1S/C7H5ClO2S/c8-7-5(3-4-11-7)1-2-6(9)10/h1-4H,(H,9,10)/b2-1+. The van der Waals surface area contributed by atoms with Crippen LogP contribution in [-0.4, -0.2) is 11.1 Å². The fourth-order valence-corrected chi connectivity index (χ4v) is 1.47. The van der Waals surface area contributed by atoms with Crippen LogP contribution in [-0.2, 0) is 4.79 Å². The Morgan fingerprint density at radius 1 is 1.73 bits per heavy atom. The molecule has 0 spiro atoms. The number of hydrogen-bond acceptors (Lipinski definition) is 2. The molecule has 0 bridgehead atoms. The lowest BCUT2D eigenvalue weighted by atomic mass is 10.3. The van der Waals surface area contributed by atoms with Crippen molar-refractivity contribution in [3.05, 3.63) is 27.4 Å². The van der Waals surface area contributed by atoms with E-state index in [1.165, 1.54) is 17.4 Å².